The molecular formula is C12H12BrN3O4. The average Bonchev–Trinajstić information content (AvgIpc) is 2.82. The van der Waals surface area contributed by atoms with Gasteiger partial charge >= 0.3 is 5.69 Å². The summed E-state index contributed by atoms with van der Waals surface area (Å²) in [6.07, 6.45) is 2.51. The zero-order valence-electron chi connectivity index (χ0n) is 10.3. The minimum Gasteiger partial charge on any atom is -0.484 e. The number of halogens is 1. The fraction of sp³-hybridized carbons (Fsp3) is 0.250. The van der Waals surface area contributed by atoms with E-state index in [1.807, 2.05) is 0 Å². The van der Waals surface area contributed by atoms with Crippen LogP contribution in [0, 0.1) is 10.1 Å². The Morgan fingerprint density at radius 2 is 2.25 bits per heavy atom. The molecule has 106 valence electrons. The van der Waals surface area contributed by atoms with Crippen LogP contribution in [-0.2, 0) is 6.54 Å². The lowest BCUT2D eigenvalue weighted by Gasteiger charge is -2.12. The van der Waals surface area contributed by atoms with Crippen molar-refractivity contribution in [2.24, 2.45) is 0 Å². The largest absolute Gasteiger partial charge is 0.484 e. The molecule has 1 aromatic carbocycles. The van der Waals surface area contributed by atoms with E-state index in [1.165, 1.54) is 12.1 Å². The Balaban J connectivity index is 1.93. The van der Waals surface area contributed by atoms with Gasteiger partial charge in [-0.2, -0.15) is 5.10 Å². The van der Waals surface area contributed by atoms with E-state index in [9.17, 15) is 15.2 Å². The summed E-state index contributed by atoms with van der Waals surface area (Å²) in [5, 5.41) is 24.6. The van der Waals surface area contributed by atoms with E-state index in [4.69, 9.17) is 4.74 Å². The second-order valence-corrected chi connectivity index (χ2v) is 4.99. The van der Waals surface area contributed by atoms with Crippen LogP contribution in [0.3, 0.4) is 0 Å². The van der Waals surface area contributed by atoms with E-state index in [-0.39, 0.29) is 24.6 Å². The molecule has 1 N–H and O–H groups in total. The number of ether oxygens (including phenoxy) is 1. The van der Waals surface area contributed by atoms with Crippen LogP contribution in [0.1, 0.15) is 0 Å². The standard InChI is InChI=1S/C12H12BrN3O4/c13-9-5-14-15(6-9)7-10(17)8-20-12-4-2-1-3-11(12)16(18)19/h1-6,10,17H,7-8H2/t10-/m1/s1. The molecule has 2 aromatic rings. The van der Waals surface area contributed by atoms with Crippen molar-refractivity contribution in [1.29, 1.82) is 0 Å². The molecule has 20 heavy (non-hydrogen) atoms. The highest BCUT2D eigenvalue weighted by atomic mass is 79.9. The number of aliphatic hydroxyl groups excluding tert-OH is 1. The van der Waals surface area contributed by atoms with Crippen molar-refractivity contribution in [3.63, 3.8) is 0 Å². The fourth-order valence-electron chi connectivity index (χ4n) is 1.62. The van der Waals surface area contributed by atoms with Crippen molar-refractivity contribution in [2.45, 2.75) is 12.6 Å². The number of hydrogen-bond acceptors (Lipinski definition) is 5. The topological polar surface area (TPSA) is 90.4 Å². The van der Waals surface area contributed by atoms with Gasteiger partial charge in [-0.3, -0.25) is 14.8 Å². The molecule has 0 bridgehead atoms. The minimum absolute atomic E-state index is 0.0532. The Hall–Kier alpha value is -1.93. The summed E-state index contributed by atoms with van der Waals surface area (Å²) in [5.74, 6) is 0.137. The number of nitrogens with zero attached hydrogens (tertiary/aromatic N) is 3. The van der Waals surface area contributed by atoms with Gasteiger partial charge in [-0.05, 0) is 22.0 Å². The smallest absolute Gasteiger partial charge is 0.310 e. The molecule has 0 amide bonds. The number of aromatic nitrogens is 2. The van der Waals surface area contributed by atoms with Crippen LogP contribution in [0.2, 0.25) is 0 Å². The Bertz CT molecular complexity index is 602. The molecule has 0 fully saturated rings. The fourth-order valence-corrected chi connectivity index (χ4v) is 1.95. The number of nitro groups is 1. The number of para-hydroxylation sites is 2. The van der Waals surface area contributed by atoms with Crippen LogP contribution in [0.5, 0.6) is 5.75 Å². The third kappa shape index (κ3) is 3.78. The zero-order valence-corrected chi connectivity index (χ0v) is 11.9. The summed E-state index contributed by atoms with van der Waals surface area (Å²) in [5.41, 5.74) is -0.124. The number of aliphatic hydroxyl groups is 1. The van der Waals surface area contributed by atoms with Crippen LogP contribution in [0.25, 0.3) is 0 Å². The van der Waals surface area contributed by atoms with E-state index in [0.717, 1.165) is 4.47 Å². The van der Waals surface area contributed by atoms with Crippen LogP contribution in [0.4, 0.5) is 5.69 Å². The molecular weight excluding hydrogens is 330 g/mol. The molecule has 0 radical (unpaired) electrons. The maximum atomic E-state index is 10.8. The first-order valence-electron chi connectivity index (χ1n) is 5.78. The molecule has 0 aliphatic carbocycles. The monoisotopic (exact) mass is 341 g/mol. The van der Waals surface area contributed by atoms with Crippen LogP contribution >= 0.6 is 15.9 Å². The third-order valence-electron chi connectivity index (χ3n) is 2.49. The Morgan fingerprint density at radius 3 is 2.90 bits per heavy atom. The van der Waals surface area contributed by atoms with Crippen molar-refractivity contribution in [2.75, 3.05) is 6.61 Å². The molecule has 0 saturated carbocycles. The van der Waals surface area contributed by atoms with E-state index in [1.54, 1.807) is 29.2 Å². The number of benzene rings is 1. The van der Waals surface area contributed by atoms with Crippen molar-refractivity contribution in [3.05, 3.63) is 51.2 Å². The number of nitro benzene ring substituents is 1. The molecule has 7 nitrogen and oxygen atoms in total. The molecule has 2 rings (SSSR count). The molecule has 0 unspecified atom stereocenters. The third-order valence-corrected chi connectivity index (χ3v) is 2.90. The van der Waals surface area contributed by atoms with Gasteiger partial charge in [0.1, 0.15) is 12.7 Å². The van der Waals surface area contributed by atoms with Gasteiger partial charge in [0, 0.05) is 12.3 Å². The van der Waals surface area contributed by atoms with Gasteiger partial charge in [-0.25, -0.2) is 0 Å². The minimum atomic E-state index is -0.818. The first-order chi connectivity index (χ1) is 9.56. The molecule has 0 aliphatic rings. The summed E-state index contributed by atoms with van der Waals surface area (Å²) in [6, 6.07) is 6.05. The maximum absolute atomic E-state index is 10.8. The van der Waals surface area contributed by atoms with Crippen LogP contribution in [0.15, 0.2) is 41.1 Å². The van der Waals surface area contributed by atoms with E-state index in [2.05, 4.69) is 21.0 Å². The van der Waals surface area contributed by atoms with Crippen LogP contribution < -0.4 is 4.74 Å². The van der Waals surface area contributed by atoms with Crippen LogP contribution in [-0.4, -0.2) is 32.5 Å². The van der Waals surface area contributed by atoms with Crippen molar-refractivity contribution in [1.82, 2.24) is 9.78 Å². The molecule has 0 spiro atoms. The molecule has 1 atom stereocenters. The van der Waals surface area contributed by atoms with Gasteiger partial charge in [0.05, 0.1) is 22.1 Å². The van der Waals surface area contributed by atoms with E-state index in [0.29, 0.717) is 0 Å². The molecule has 1 heterocycles. The Kier molecular flexibility index (Phi) is 4.70. The molecule has 0 aliphatic heterocycles. The normalized spacial score (nSPS) is 12.1. The first-order valence-corrected chi connectivity index (χ1v) is 6.58. The summed E-state index contributed by atoms with van der Waals surface area (Å²) >= 11 is 3.25. The lowest BCUT2D eigenvalue weighted by molar-refractivity contribution is -0.385. The van der Waals surface area contributed by atoms with E-state index < -0.39 is 11.0 Å². The predicted molar refractivity (Wildman–Crippen MR) is 74.5 cm³/mol. The molecule has 8 heteroatoms. The first kappa shape index (κ1) is 14.5. The molecule has 0 saturated heterocycles. The number of rotatable bonds is 6. The summed E-state index contributed by atoms with van der Waals surface area (Å²) < 4.78 is 7.66. The zero-order chi connectivity index (χ0) is 14.5. The SMILES string of the molecule is O=[N+]([O-])c1ccccc1OC[C@H](O)Cn1cc(Br)cn1. The van der Waals surface area contributed by atoms with Gasteiger partial charge in [-0.1, -0.05) is 12.1 Å². The van der Waals surface area contributed by atoms with Crippen molar-refractivity contribution in [3.8, 4) is 5.75 Å². The van der Waals surface area contributed by atoms with Gasteiger partial charge in [0.15, 0.2) is 5.75 Å². The van der Waals surface area contributed by atoms with Gasteiger partial charge in [0.2, 0.25) is 0 Å². The maximum Gasteiger partial charge on any atom is 0.310 e. The number of hydrogen-bond donors (Lipinski definition) is 1. The summed E-state index contributed by atoms with van der Waals surface area (Å²) in [6.45, 7) is 0.189. The summed E-state index contributed by atoms with van der Waals surface area (Å²) in [7, 11) is 0. The second-order valence-electron chi connectivity index (χ2n) is 4.07. The lowest BCUT2D eigenvalue weighted by Crippen LogP contribution is -2.24. The molecule has 1 aromatic heterocycles. The van der Waals surface area contributed by atoms with E-state index >= 15 is 0 Å². The van der Waals surface area contributed by atoms with Crippen molar-refractivity contribution >= 4 is 21.6 Å². The predicted octanol–water partition coefficient (Wildman–Crippen LogP) is 1.99. The quantitative estimate of drug-likeness (QED) is 0.640. The van der Waals surface area contributed by atoms with Gasteiger partial charge in [0.25, 0.3) is 0 Å². The highest BCUT2D eigenvalue weighted by molar-refractivity contribution is 9.10. The average molecular weight is 342 g/mol. The lowest BCUT2D eigenvalue weighted by atomic mass is 10.3. The highest BCUT2D eigenvalue weighted by Gasteiger charge is 2.15. The van der Waals surface area contributed by atoms with Crippen molar-refractivity contribution < 1.29 is 14.8 Å². The second kappa shape index (κ2) is 6.49. The summed E-state index contributed by atoms with van der Waals surface area (Å²) in [4.78, 5) is 10.3. The van der Waals surface area contributed by atoms with Gasteiger partial charge in [-0.15, -0.1) is 0 Å². The Morgan fingerprint density at radius 1 is 1.50 bits per heavy atom. The highest BCUT2D eigenvalue weighted by Crippen LogP contribution is 2.25. The Labute approximate surface area is 123 Å². The van der Waals surface area contributed by atoms with Gasteiger partial charge < -0.3 is 9.84 Å².